The normalized spacial score (nSPS) is 11.6. The van der Waals surface area contributed by atoms with Crippen molar-refractivity contribution >= 4 is 16.7 Å². The number of amides is 1. The molecule has 0 saturated carbocycles. The van der Waals surface area contributed by atoms with Gasteiger partial charge in [-0.25, -0.2) is 0 Å². The number of hydrogen-bond acceptors (Lipinski definition) is 4. The molecule has 1 N–H and O–H groups in total. The van der Waals surface area contributed by atoms with E-state index in [0.29, 0.717) is 17.1 Å². The Morgan fingerprint density at radius 2 is 1.80 bits per heavy atom. The Labute approximate surface area is 174 Å². The van der Waals surface area contributed by atoms with Gasteiger partial charge in [0.05, 0.1) is 11.6 Å². The Balaban J connectivity index is 1.40. The molecule has 4 aromatic rings. The van der Waals surface area contributed by atoms with Crippen LogP contribution in [0.25, 0.3) is 10.8 Å². The maximum absolute atomic E-state index is 12.6. The minimum atomic E-state index is -0.292. The van der Waals surface area contributed by atoms with E-state index in [2.05, 4.69) is 35.7 Å². The average Bonchev–Trinajstić information content (AvgIpc) is 3.26. The van der Waals surface area contributed by atoms with Crippen molar-refractivity contribution in [3.63, 3.8) is 0 Å². The van der Waals surface area contributed by atoms with Crippen LogP contribution in [0.15, 0.2) is 83.3 Å². The van der Waals surface area contributed by atoms with Gasteiger partial charge in [-0.2, -0.15) is 5.26 Å². The lowest BCUT2D eigenvalue weighted by molar-refractivity contribution is 0.0907. The van der Waals surface area contributed by atoms with Gasteiger partial charge < -0.3 is 14.5 Å². The standard InChI is InChI=1S/C25H20N2O3/c1-17(19-11-10-18-6-2-3-7-20(18)14-19)27-25(28)24-13-12-22(30-24)16-29-23-9-5-4-8-21(23)15-26/h2-14,17H,16H2,1H3,(H,27,28). The number of carbonyl (C=O) groups excluding carboxylic acids is 1. The molecule has 3 aromatic carbocycles. The van der Waals surface area contributed by atoms with E-state index < -0.39 is 0 Å². The Hall–Kier alpha value is -4.04. The molecule has 5 heteroatoms. The van der Waals surface area contributed by atoms with Crippen LogP contribution in [0, 0.1) is 11.3 Å². The topological polar surface area (TPSA) is 75.3 Å². The molecule has 0 bridgehead atoms. The first kappa shape index (κ1) is 19.3. The van der Waals surface area contributed by atoms with Gasteiger partial charge in [0.15, 0.2) is 5.76 Å². The summed E-state index contributed by atoms with van der Waals surface area (Å²) in [5.41, 5.74) is 1.47. The van der Waals surface area contributed by atoms with Crippen LogP contribution in [0.3, 0.4) is 0 Å². The molecule has 5 nitrogen and oxygen atoms in total. The van der Waals surface area contributed by atoms with Gasteiger partial charge >= 0.3 is 0 Å². The highest BCUT2D eigenvalue weighted by molar-refractivity contribution is 5.92. The summed E-state index contributed by atoms with van der Waals surface area (Å²) in [4.78, 5) is 12.6. The summed E-state index contributed by atoms with van der Waals surface area (Å²) in [6.07, 6.45) is 0. The Kier molecular flexibility index (Phi) is 5.49. The second kappa shape index (κ2) is 8.54. The molecule has 0 spiro atoms. The predicted octanol–water partition coefficient (Wildman–Crippen LogP) is 5.37. The lowest BCUT2D eigenvalue weighted by Gasteiger charge is -2.14. The number of hydrogen-bond donors (Lipinski definition) is 1. The van der Waals surface area contributed by atoms with Crippen molar-refractivity contribution in [3.05, 3.63) is 102 Å². The number of furan rings is 1. The number of ether oxygens (including phenoxy) is 1. The second-order valence-corrected chi connectivity index (χ2v) is 6.96. The summed E-state index contributed by atoms with van der Waals surface area (Å²) in [5.74, 6) is 0.910. The first-order valence-corrected chi connectivity index (χ1v) is 9.64. The molecule has 1 amide bonds. The third-order valence-corrected chi connectivity index (χ3v) is 4.88. The van der Waals surface area contributed by atoms with Gasteiger partial charge in [0.2, 0.25) is 0 Å². The molecule has 1 heterocycles. The molecule has 4 rings (SSSR count). The fraction of sp³-hybridized carbons (Fsp3) is 0.120. The number of nitriles is 1. The van der Waals surface area contributed by atoms with E-state index in [1.165, 1.54) is 0 Å². The van der Waals surface area contributed by atoms with E-state index in [1.807, 2.05) is 25.1 Å². The van der Waals surface area contributed by atoms with Crippen LogP contribution in [-0.2, 0) is 6.61 Å². The van der Waals surface area contributed by atoms with E-state index in [4.69, 9.17) is 14.4 Å². The third-order valence-electron chi connectivity index (χ3n) is 4.88. The molecule has 0 aliphatic carbocycles. The van der Waals surface area contributed by atoms with Crippen molar-refractivity contribution in [2.45, 2.75) is 19.6 Å². The first-order chi connectivity index (χ1) is 14.6. The van der Waals surface area contributed by atoms with E-state index in [1.54, 1.807) is 36.4 Å². The van der Waals surface area contributed by atoms with Crippen molar-refractivity contribution in [2.75, 3.05) is 0 Å². The van der Waals surface area contributed by atoms with Gasteiger partial charge in [-0.3, -0.25) is 4.79 Å². The van der Waals surface area contributed by atoms with Gasteiger partial charge in [-0.15, -0.1) is 0 Å². The van der Waals surface area contributed by atoms with E-state index in [9.17, 15) is 4.79 Å². The van der Waals surface area contributed by atoms with Crippen LogP contribution in [0.2, 0.25) is 0 Å². The van der Waals surface area contributed by atoms with Crippen LogP contribution in [-0.4, -0.2) is 5.91 Å². The van der Waals surface area contributed by atoms with Crippen LogP contribution in [0.4, 0.5) is 0 Å². The van der Waals surface area contributed by atoms with E-state index in [-0.39, 0.29) is 24.3 Å². The SMILES string of the molecule is CC(NC(=O)c1ccc(COc2ccccc2C#N)o1)c1ccc2ccccc2c1. The van der Waals surface area contributed by atoms with Crippen molar-refractivity contribution in [2.24, 2.45) is 0 Å². The predicted molar refractivity (Wildman–Crippen MR) is 114 cm³/mol. The number of benzene rings is 3. The number of carbonyl (C=O) groups is 1. The van der Waals surface area contributed by atoms with Gasteiger partial charge in [0.1, 0.15) is 24.2 Å². The van der Waals surface area contributed by atoms with Crippen molar-refractivity contribution < 1.29 is 13.9 Å². The molecule has 0 fully saturated rings. The van der Waals surface area contributed by atoms with Crippen LogP contribution >= 0.6 is 0 Å². The lowest BCUT2D eigenvalue weighted by Crippen LogP contribution is -2.26. The van der Waals surface area contributed by atoms with Gasteiger partial charge in [0, 0.05) is 0 Å². The fourth-order valence-electron chi connectivity index (χ4n) is 3.24. The molecule has 0 aliphatic rings. The van der Waals surface area contributed by atoms with Crippen molar-refractivity contribution in [1.29, 1.82) is 5.26 Å². The smallest absolute Gasteiger partial charge is 0.287 e. The molecule has 30 heavy (non-hydrogen) atoms. The maximum atomic E-state index is 12.6. The van der Waals surface area contributed by atoms with Gasteiger partial charge in [0.25, 0.3) is 5.91 Å². The van der Waals surface area contributed by atoms with Gasteiger partial charge in [-0.05, 0) is 53.6 Å². The first-order valence-electron chi connectivity index (χ1n) is 9.64. The molecule has 1 atom stereocenters. The minimum Gasteiger partial charge on any atom is -0.484 e. The quantitative estimate of drug-likeness (QED) is 0.475. The zero-order chi connectivity index (χ0) is 20.9. The molecule has 148 valence electrons. The summed E-state index contributed by atoms with van der Waals surface area (Å²) in [7, 11) is 0. The molecule has 0 saturated heterocycles. The third kappa shape index (κ3) is 4.18. The second-order valence-electron chi connectivity index (χ2n) is 6.96. The molecular formula is C25H20N2O3. The van der Waals surface area contributed by atoms with Gasteiger partial charge in [-0.1, -0.05) is 48.5 Å². The number of para-hydroxylation sites is 1. The molecule has 0 radical (unpaired) electrons. The summed E-state index contributed by atoms with van der Waals surface area (Å²) in [6, 6.07) is 26.5. The van der Waals surface area contributed by atoms with Crippen LogP contribution in [0.5, 0.6) is 5.75 Å². The minimum absolute atomic E-state index is 0.131. The Morgan fingerprint density at radius 1 is 1.03 bits per heavy atom. The number of nitrogens with zero attached hydrogens (tertiary/aromatic N) is 1. The zero-order valence-electron chi connectivity index (χ0n) is 16.5. The Bertz CT molecular complexity index is 1240. The highest BCUT2D eigenvalue weighted by atomic mass is 16.5. The largest absolute Gasteiger partial charge is 0.484 e. The van der Waals surface area contributed by atoms with E-state index >= 15 is 0 Å². The maximum Gasteiger partial charge on any atom is 0.287 e. The Morgan fingerprint density at radius 3 is 2.63 bits per heavy atom. The molecule has 1 unspecified atom stereocenters. The average molecular weight is 396 g/mol. The number of rotatable bonds is 6. The zero-order valence-corrected chi connectivity index (χ0v) is 16.5. The highest BCUT2D eigenvalue weighted by Gasteiger charge is 2.16. The summed E-state index contributed by atoms with van der Waals surface area (Å²) >= 11 is 0. The van der Waals surface area contributed by atoms with Crippen LogP contribution in [0.1, 0.15) is 40.4 Å². The number of nitrogens with one attached hydrogen (secondary N) is 1. The molecule has 0 aliphatic heterocycles. The summed E-state index contributed by atoms with van der Waals surface area (Å²) in [6.45, 7) is 2.07. The summed E-state index contributed by atoms with van der Waals surface area (Å²) in [5, 5.41) is 14.4. The molecule has 1 aromatic heterocycles. The fourth-order valence-corrected chi connectivity index (χ4v) is 3.24. The van der Waals surface area contributed by atoms with Crippen molar-refractivity contribution in [1.82, 2.24) is 5.32 Å². The molecular weight excluding hydrogens is 376 g/mol. The monoisotopic (exact) mass is 396 g/mol. The lowest BCUT2D eigenvalue weighted by atomic mass is 10.0. The number of fused-ring (bicyclic) bond motifs is 1. The van der Waals surface area contributed by atoms with Crippen LogP contribution < -0.4 is 10.1 Å². The van der Waals surface area contributed by atoms with E-state index in [0.717, 1.165) is 16.3 Å². The summed E-state index contributed by atoms with van der Waals surface area (Å²) < 4.78 is 11.3. The highest BCUT2D eigenvalue weighted by Crippen LogP contribution is 2.22. The van der Waals surface area contributed by atoms with Crippen molar-refractivity contribution in [3.8, 4) is 11.8 Å².